The van der Waals surface area contributed by atoms with Crippen LogP contribution in [0.1, 0.15) is 71.2 Å². The second-order valence-electron chi connectivity index (χ2n) is 11.4. The van der Waals surface area contributed by atoms with Crippen LogP contribution in [0, 0.1) is 11.3 Å². The molecule has 0 aliphatic heterocycles. The second kappa shape index (κ2) is 15.6. The summed E-state index contributed by atoms with van der Waals surface area (Å²) in [4.78, 5) is 36.4. The van der Waals surface area contributed by atoms with Gasteiger partial charge in [-0.25, -0.2) is 14.5 Å². The lowest BCUT2D eigenvalue weighted by Crippen LogP contribution is -2.27. The van der Waals surface area contributed by atoms with E-state index in [2.05, 4.69) is 21.4 Å². The summed E-state index contributed by atoms with van der Waals surface area (Å²) in [7, 11) is 4.48. The molecule has 0 saturated carbocycles. The molecule has 0 aliphatic rings. The molecule has 3 aromatic heterocycles. The Hall–Kier alpha value is -5.87. The lowest BCUT2D eigenvalue weighted by atomic mass is 9.91. The van der Waals surface area contributed by atoms with Crippen molar-refractivity contribution in [1.82, 2.24) is 24.3 Å². The number of carbonyl (C=O) groups is 1. The van der Waals surface area contributed by atoms with Gasteiger partial charge in [-0.1, -0.05) is 49.7 Å². The van der Waals surface area contributed by atoms with Gasteiger partial charge in [-0.15, -0.1) is 0 Å². The van der Waals surface area contributed by atoms with Gasteiger partial charge in [0.2, 0.25) is 5.88 Å². The largest absolute Gasteiger partial charge is 0.497 e. The van der Waals surface area contributed by atoms with Gasteiger partial charge >= 0.3 is 12.0 Å². The first kappa shape index (κ1) is 35.4. The lowest BCUT2D eigenvalue weighted by Gasteiger charge is -2.24. The van der Waals surface area contributed by atoms with E-state index in [9.17, 15) is 14.9 Å². The third-order valence-corrected chi connectivity index (χ3v) is 8.03. The van der Waals surface area contributed by atoms with E-state index in [4.69, 9.17) is 35.6 Å². The summed E-state index contributed by atoms with van der Waals surface area (Å²) >= 11 is 6.61. The van der Waals surface area contributed by atoms with Crippen LogP contribution in [0.2, 0.25) is 5.02 Å². The van der Waals surface area contributed by atoms with E-state index in [1.54, 1.807) is 49.2 Å². The molecule has 0 amide bonds. The van der Waals surface area contributed by atoms with Crippen LogP contribution in [-0.4, -0.2) is 58.2 Å². The molecule has 5 rings (SSSR count). The molecule has 0 fully saturated rings. The van der Waals surface area contributed by atoms with Gasteiger partial charge in [0.25, 0.3) is 5.56 Å². The normalized spacial score (nSPS) is 11.5. The molecule has 1 N–H and O–H groups in total. The number of aromatic nitrogens is 5. The van der Waals surface area contributed by atoms with Gasteiger partial charge in [0.1, 0.15) is 17.1 Å². The number of esters is 1. The summed E-state index contributed by atoms with van der Waals surface area (Å²) in [6, 6.07) is 17.1. The van der Waals surface area contributed by atoms with Crippen LogP contribution in [-0.2, 0) is 11.3 Å². The van der Waals surface area contributed by atoms with E-state index < -0.39 is 12.0 Å². The number of hydrogen-bond acceptors (Lipinski definition) is 11. The number of pyridine rings is 1. The Morgan fingerprint density at radius 2 is 1.76 bits per heavy atom. The van der Waals surface area contributed by atoms with Crippen molar-refractivity contribution < 1.29 is 23.7 Å². The predicted molar refractivity (Wildman–Crippen MR) is 187 cm³/mol. The highest BCUT2D eigenvalue weighted by Crippen LogP contribution is 2.38. The highest BCUT2D eigenvalue weighted by atomic mass is 35.5. The molecule has 14 heteroatoms. The molecule has 1 unspecified atom stereocenters. The molecule has 13 nitrogen and oxygen atoms in total. The molecule has 0 aliphatic carbocycles. The average molecular weight is 698 g/mol. The molecular weight excluding hydrogens is 662 g/mol. The van der Waals surface area contributed by atoms with Crippen molar-refractivity contribution in [3.63, 3.8) is 0 Å². The Labute approximate surface area is 294 Å². The fourth-order valence-electron chi connectivity index (χ4n) is 5.53. The predicted octanol–water partition coefficient (Wildman–Crippen LogP) is 5.92. The number of benzene rings is 2. The average Bonchev–Trinajstić information content (AvgIpc) is 3.53. The molecular formula is C36H36ClN7O6. The summed E-state index contributed by atoms with van der Waals surface area (Å²) < 4.78 is 24.6. The van der Waals surface area contributed by atoms with Crippen LogP contribution in [0.15, 0.2) is 71.8 Å². The lowest BCUT2D eigenvalue weighted by molar-refractivity contribution is 0.0517. The Morgan fingerprint density at radius 1 is 1.04 bits per heavy atom. The molecule has 50 heavy (non-hydrogen) atoms. The second-order valence-corrected chi connectivity index (χ2v) is 11.8. The number of nitrogens with one attached hydrogen (secondary N) is 1. The van der Waals surface area contributed by atoms with E-state index in [1.807, 2.05) is 38.1 Å². The number of nitriles is 1. The van der Waals surface area contributed by atoms with Crippen LogP contribution >= 0.6 is 11.6 Å². The molecule has 0 bridgehead atoms. The highest BCUT2D eigenvalue weighted by molar-refractivity contribution is 6.30. The van der Waals surface area contributed by atoms with E-state index in [0.29, 0.717) is 38.8 Å². The van der Waals surface area contributed by atoms with Crippen LogP contribution < -0.4 is 25.1 Å². The van der Waals surface area contributed by atoms with E-state index in [-0.39, 0.29) is 47.9 Å². The molecule has 3 heterocycles. The maximum absolute atomic E-state index is 14.1. The van der Waals surface area contributed by atoms with E-state index >= 15 is 0 Å². The fraction of sp³-hybridized carbons (Fsp3) is 0.278. The van der Waals surface area contributed by atoms with Crippen molar-refractivity contribution in [1.29, 1.82) is 5.26 Å². The van der Waals surface area contributed by atoms with E-state index in [0.717, 1.165) is 5.56 Å². The highest BCUT2D eigenvalue weighted by Gasteiger charge is 2.34. The Morgan fingerprint density at radius 3 is 2.36 bits per heavy atom. The minimum Gasteiger partial charge on any atom is -0.497 e. The van der Waals surface area contributed by atoms with Crippen molar-refractivity contribution in [3.05, 3.63) is 116 Å². The zero-order valence-corrected chi connectivity index (χ0v) is 29.2. The maximum atomic E-state index is 14.1. The minimum absolute atomic E-state index is 0.00383. The van der Waals surface area contributed by atoms with Gasteiger partial charge in [-0.3, -0.25) is 4.79 Å². The number of carbonyl (C=O) groups excluding carboxylic acids is 1. The van der Waals surface area contributed by atoms with Gasteiger partial charge in [0.15, 0.2) is 5.69 Å². The third-order valence-electron chi connectivity index (χ3n) is 7.82. The first-order chi connectivity index (χ1) is 24.1. The molecule has 0 saturated heterocycles. The fourth-order valence-corrected chi connectivity index (χ4v) is 5.76. The minimum atomic E-state index is -0.862. The molecule has 2 aromatic carbocycles. The summed E-state index contributed by atoms with van der Waals surface area (Å²) in [5, 5.41) is 18.0. The number of nitrogens with zero attached hydrogens (tertiary/aromatic N) is 6. The molecule has 1 atom stereocenters. The topological polar surface area (TPSA) is 155 Å². The van der Waals surface area contributed by atoms with Crippen molar-refractivity contribution in [2.24, 2.45) is 0 Å². The summed E-state index contributed by atoms with van der Waals surface area (Å²) in [5.74, 6) is -0.0823. The standard InChI is InChI=1S/C36H36ClN7O6/c1-7-50-35(46)31-29(32(21(2)3)44(42-31)28-18-39-36(49-6)41-33(28)48-5)30(24-12-8-22(17-38)9-13-24)40-27-16-25(37)20-43(34(27)45)19-23-10-14-26(47-4)15-11-23/h8-16,18,20-21,30,40H,7,19H2,1-6H3. The van der Waals surface area contributed by atoms with Crippen molar-refractivity contribution in [2.75, 3.05) is 33.3 Å². The van der Waals surface area contributed by atoms with Gasteiger partial charge in [-0.05, 0) is 54.3 Å². The molecule has 258 valence electrons. The quantitative estimate of drug-likeness (QED) is 0.146. The van der Waals surface area contributed by atoms with Gasteiger partial charge in [-0.2, -0.15) is 15.3 Å². The van der Waals surface area contributed by atoms with E-state index in [1.165, 1.54) is 31.0 Å². The number of methoxy groups -OCH3 is 3. The zero-order chi connectivity index (χ0) is 35.9. The number of anilines is 1. The Balaban J connectivity index is 1.75. The molecule has 0 radical (unpaired) electrons. The van der Waals surface area contributed by atoms with Gasteiger partial charge in [0, 0.05) is 11.8 Å². The SMILES string of the molecule is CCOC(=O)c1nn(-c2cnc(OC)nc2OC)c(C(C)C)c1C(Nc1cc(Cl)cn(Cc2ccc(OC)cc2)c1=O)c1ccc(C#N)cc1. The Bertz CT molecular complexity index is 2090. The maximum Gasteiger partial charge on any atom is 0.359 e. The number of ether oxygens (including phenoxy) is 4. The van der Waals surface area contributed by atoms with Crippen LogP contribution in [0.25, 0.3) is 5.69 Å². The summed E-state index contributed by atoms with van der Waals surface area (Å²) in [6.07, 6.45) is 3.05. The summed E-state index contributed by atoms with van der Waals surface area (Å²) in [5.41, 5.74) is 3.09. The molecule has 5 aromatic rings. The third kappa shape index (κ3) is 7.40. The van der Waals surface area contributed by atoms with Gasteiger partial charge in [0.05, 0.1) is 69.1 Å². The van der Waals surface area contributed by atoms with Crippen LogP contribution in [0.3, 0.4) is 0 Å². The van der Waals surface area contributed by atoms with Crippen molar-refractivity contribution in [3.8, 4) is 29.4 Å². The summed E-state index contributed by atoms with van der Waals surface area (Å²) in [6.45, 7) is 5.92. The number of hydrogen-bond donors (Lipinski definition) is 1. The zero-order valence-electron chi connectivity index (χ0n) is 28.4. The van der Waals surface area contributed by atoms with Gasteiger partial charge < -0.3 is 28.8 Å². The van der Waals surface area contributed by atoms with Crippen LogP contribution in [0.5, 0.6) is 17.6 Å². The number of rotatable bonds is 13. The first-order valence-electron chi connectivity index (χ1n) is 15.7. The first-order valence-corrected chi connectivity index (χ1v) is 16.0. The molecule has 0 spiro atoms. The van der Waals surface area contributed by atoms with Crippen molar-refractivity contribution >= 4 is 23.3 Å². The monoisotopic (exact) mass is 697 g/mol. The number of halogens is 1. The van der Waals surface area contributed by atoms with Crippen molar-refractivity contribution in [2.45, 2.75) is 39.3 Å². The smallest absolute Gasteiger partial charge is 0.359 e. The van der Waals surface area contributed by atoms with Crippen LogP contribution in [0.4, 0.5) is 5.69 Å². The Kier molecular flexibility index (Phi) is 11.0.